The molecule has 0 amide bonds. The van der Waals surface area contributed by atoms with Crippen LogP contribution in [0, 0.1) is 30.3 Å². The van der Waals surface area contributed by atoms with Crippen molar-refractivity contribution in [1.29, 1.82) is 0 Å². The summed E-state index contributed by atoms with van der Waals surface area (Å²) in [7, 11) is 0. The van der Waals surface area contributed by atoms with E-state index in [9.17, 15) is 35.4 Å². The molecule has 0 fully saturated rings. The van der Waals surface area contributed by atoms with Crippen molar-refractivity contribution in [3.63, 3.8) is 0 Å². The van der Waals surface area contributed by atoms with Gasteiger partial charge in [0.25, 0.3) is 21.5 Å². The van der Waals surface area contributed by atoms with E-state index in [1.165, 1.54) is 0 Å². The fourth-order valence-corrected chi connectivity index (χ4v) is 0.978. The van der Waals surface area contributed by atoms with Crippen LogP contribution in [0.15, 0.2) is 0 Å². The van der Waals surface area contributed by atoms with Gasteiger partial charge in [-0.15, -0.1) is 30.3 Å². The van der Waals surface area contributed by atoms with Crippen molar-refractivity contribution in [2.24, 2.45) is 0 Å². The zero-order chi connectivity index (χ0) is 17.2. The number of hydrogen-bond acceptors (Lipinski definition) is 13. The molecule has 16 nitrogen and oxygen atoms in total. The Kier molecular flexibility index (Phi) is 8.30. The highest BCUT2D eigenvalue weighted by Crippen LogP contribution is 2.20. The van der Waals surface area contributed by atoms with Gasteiger partial charge in [-0.1, -0.05) is 0 Å². The van der Waals surface area contributed by atoms with Gasteiger partial charge in [0.05, 0.1) is 26.4 Å². The molecule has 22 heavy (non-hydrogen) atoms. The Bertz CT molecular complexity index is 372. The minimum Gasteiger partial charge on any atom is -0.394 e. The van der Waals surface area contributed by atoms with Gasteiger partial charge in [0.2, 0.25) is 0 Å². The summed E-state index contributed by atoms with van der Waals surface area (Å²) in [5.74, 6) is -3.85. The van der Waals surface area contributed by atoms with E-state index in [0.717, 1.165) is 0 Å². The molecule has 1 atom stereocenters. The molecule has 16 heteroatoms. The lowest BCUT2D eigenvalue weighted by molar-refractivity contribution is -0.916. The first-order valence-electron chi connectivity index (χ1n) is 5.22. The molecule has 0 heterocycles. The van der Waals surface area contributed by atoms with Crippen molar-refractivity contribution in [3.8, 4) is 0 Å². The van der Waals surface area contributed by atoms with E-state index in [2.05, 4.69) is 24.0 Å². The number of nitrogens with zero attached hydrogens (tertiary/aromatic N) is 3. The van der Waals surface area contributed by atoms with Crippen LogP contribution in [-0.4, -0.2) is 64.2 Å². The molecule has 0 aliphatic carbocycles. The molecule has 0 saturated carbocycles. The predicted octanol–water partition coefficient (Wildman–Crippen LogP) is -2.39. The number of aliphatic hydroxyl groups is 2. The Morgan fingerprint density at radius 3 is 1.91 bits per heavy atom. The summed E-state index contributed by atoms with van der Waals surface area (Å²) in [6, 6.07) is 0. The first-order valence-corrected chi connectivity index (χ1v) is 5.22. The first kappa shape index (κ1) is 19.4. The zero-order valence-electron chi connectivity index (χ0n) is 10.6. The lowest BCUT2D eigenvalue weighted by Crippen LogP contribution is -2.53. The van der Waals surface area contributed by atoms with Crippen molar-refractivity contribution in [3.05, 3.63) is 30.3 Å². The molecule has 0 aliphatic heterocycles. The largest absolute Gasteiger partial charge is 0.414 e. The van der Waals surface area contributed by atoms with Gasteiger partial charge in [0.1, 0.15) is 0 Å². The van der Waals surface area contributed by atoms with Crippen LogP contribution in [-0.2, 0) is 24.0 Å². The van der Waals surface area contributed by atoms with Gasteiger partial charge >= 0.3 is 5.97 Å². The quantitative estimate of drug-likeness (QED) is 0.156. The molecule has 2 N–H and O–H groups in total. The highest BCUT2D eigenvalue weighted by molar-refractivity contribution is 4.55. The predicted molar refractivity (Wildman–Crippen MR) is 56.8 cm³/mol. The van der Waals surface area contributed by atoms with Crippen molar-refractivity contribution in [2.45, 2.75) is 12.3 Å². The first-order chi connectivity index (χ1) is 10.2. The van der Waals surface area contributed by atoms with Gasteiger partial charge in [-0.05, 0) is 0 Å². The molecule has 128 valence electrons. The Labute approximate surface area is 120 Å². The van der Waals surface area contributed by atoms with Crippen LogP contribution < -0.4 is 0 Å². The second-order valence-electron chi connectivity index (χ2n) is 3.13. The summed E-state index contributed by atoms with van der Waals surface area (Å²) >= 11 is 0. The third-order valence-corrected chi connectivity index (χ3v) is 1.62. The Balaban J connectivity index is 4.91. The highest BCUT2D eigenvalue weighted by Gasteiger charge is 2.49. The van der Waals surface area contributed by atoms with Crippen LogP contribution in [0.25, 0.3) is 0 Å². The minimum absolute atomic E-state index is 0.120. The number of ether oxygens (including phenoxy) is 2. The Hall–Kier alpha value is -2.56. The summed E-state index contributed by atoms with van der Waals surface area (Å²) in [5, 5.41) is 43.5. The van der Waals surface area contributed by atoms with Crippen LogP contribution in [0.4, 0.5) is 0 Å². The minimum atomic E-state index is -3.85. The molecule has 0 rings (SSSR count). The second kappa shape index (κ2) is 9.39. The van der Waals surface area contributed by atoms with Gasteiger partial charge in [-0.3, -0.25) is 4.84 Å². The molecule has 0 aromatic heterocycles. The summed E-state index contributed by atoms with van der Waals surface area (Å²) in [6.07, 6.45) is -2.70. The van der Waals surface area contributed by atoms with Crippen LogP contribution in [0.2, 0.25) is 0 Å². The second-order valence-corrected chi connectivity index (χ2v) is 3.13. The average Bonchev–Trinajstić information content (AvgIpc) is 2.34. The fourth-order valence-electron chi connectivity index (χ4n) is 0.978. The average molecular weight is 333 g/mol. The van der Waals surface area contributed by atoms with Gasteiger partial charge < -0.3 is 19.7 Å². The molecule has 0 aromatic rings. The van der Waals surface area contributed by atoms with Crippen LogP contribution in [0.1, 0.15) is 0 Å². The summed E-state index contributed by atoms with van der Waals surface area (Å²) in [5.41, 5.74) is 0. The molecular weight excluding hydrogens is 322 g/mol. The van der Waals surface area contributed by atoms with E-state index in [0.29, 0.717) is 0 Å². The number of hydrogen-bond donors (Lipinski definition) is 2. The maximum Gasteiger partial charge on any atom is 0.414 e. The van der Waals surface area contributed by atoms with E-state index in [4.69, 9.17) is 5.11 Å². The lowest BCUT2D eigenvalue weighted by atomic mass is 10.5. The molecule has 0 aromatic carbocycles. The molecule has 0 spiro atoms. The van der Waals surface area contributed by atoms with Crippen LogP contribution >= 0.6 is 0 Å². The van der Waals surface area contributed by atoms with Crippen molar-refractivity contribution >= 4 is 0 Å². The molecule has 0 bridgehead atoms. The maximum atomic E-state index is 10.2. The molecule has 0 aliphatic rings. The lowest BCUT2D eigenvalue weighted by Gasteiger charge is -2.28. The van der Waals surface area contributed by atoms with E-state index < -0.39 is 34.1 Å². The molecule has 1 unspecified atom stereocenters. The normalized spacial score (nSPS) is 12.3. The van der Waals surface area contributed by atoms with Gasteiger partial charge in [0, 0.05) is 0 Å². The van der Waals surface area contributed by atoms with Crippen molar-refractivity contribution < 1.29 is 49.5 Å². The van der Waals surface area contributed by atoms with Crippen LogP contribution in [0.3, 0.4) is 0 Å². The number of rotatable bonds is 13. The van der Waals surface area contributed by atoms with Crippen molar-refractivity contribution in [2.75, 3.05) is 26.4 Å². The monoisotopic (exact) mass is 333 g/mol. The van der Waals surface area contributed by atoms with Crippen LogP contribution in [0.5, 0.6) is 0 Å². The zero-order valence-corrected chi connectivity index (χ0v) is 10.6. The van der Waals surface area contributed by atoms with Gasteiger partial charge in [0.15, 0.2) is 0 Å². The highest BCUT2D eigenvalue weighted by atomic mass is 17.1. The SMILES string of the molecule is O=[N+]([O-])OC(OCCOCCO)C(O)(O[N+](=O)[O-])O[N+](=O)[O-]. The Morgan fingerprint density at radius 2 is 1.50 bits per heavy atom. The van der Waals surface area contributed by atoms with Crippen molar-refractivity contribution in [1.82, 2.24) is 0 Å². The summed E-state index contributed by atoms with van der Waals surface area (Å²) in [4.78, 5) is 41.3. The fraction of sp³-hybridized carbons (Fsp3) is 1.00. The summed E-state index contributed by atoms with van der Waals surface area (Å²) in [6.45, 7) is -1.34. The third-order valence-electron chi connectivity index (χ3n) is 1.62. The third kappa shape index (κ3) is 7.89. The maximum absolute atomic E-state index is 10.2. The van der Waals surface area contributed by atoms with Gasteiger partial charge in [-0.2, -0.15) is 0 Å². The standard InChI is InChI=1S/C6H11N3O13/c10-1-2-18-3-4-19-5(20-7(12)13)6(11,21-8(14)15)22-9(16)17/h5,10-11H,1-4H2. The van der Waals surface area contributed by atoms with Gasteiger partial charge in [-0.25, -0.2) is 9.68 Å². The van der Waals surface area contributed by atoms with E-state index in [1.807, 2.05) is 0 Å². The molecule has 0 radical (unpaired) electrons. The Morgan fingerprint density at radius 1 is 0.955 bits per heavy atom. The summed E-state index contributed by atoms with van der Waals surface area (Å²) < 4.78 is 9.17. The van der Waals surface area contributed by atoms with E-state index >= 15 is 0 Å². The van der Waals surface area contributed by atoms with E-state index in [-0.39, 0.29) is 19.8 Å². The smallest absolute Gasteiger partial charge is 0.394 e. The van der Waals surface area contributed by atoms with E-state index in [1.54, 1.807) is 0 Å². The molecular formula is C6H11N3O13. The topological polar surface area (TPSA) is 216 Å². The number of aliphatic hydroxyl groups excluding tert-OH is 1. The molecule has 0 saturated heterocycles.